The first-order chi connectivity index (χ1) is 13.9. The van der Waals surface area contributed by atoms with E-state index in [4.69, 9.17) is 23.2 Å². The molecule has 3 aliphatic rings. The quantitative estimate of drug-likeness (QED) is 0.600. The summed E-state index contributed by atoms with van der Waals surface area (Å²) >= 11 is 16.1. The molecule has 9 heteroatoms. The Kier molecular flexibility index (Phi) is 6.08. The molecule has 1 N–H and O–H groups in total. The van der Waals surface area contributed by atoms with E-state index in [1.807, 2.05) is 25.3 Å². The van der Waals surface area contributed by atoms with Crippen LogP contribution < -0.4 is 5.32 Å². The molecule has 1 amide bonds. The van der Waals surface area contributed by atoms with Crippen molar-refractivity contribution in [2.24, 2.45) is 23.0 Å². The van der Waals surface area contributed by atoms with Crippen LogP contribution in [0.2, 0.25) is 0 Å². The zero-order valence-electron chi connectivity index (χ0n) is 15.8. The third kappa shape index (κ3) is 4.42. The lowest BCUT2D eigenvalue weighted by Gasteiger charge is -2.18. The van der Waals surface area contributed by atoms with E-state index in [9.17, 15) is 4.79 Å². The van der Waals surface area contributed by atoms with Crippen LogP contribution in [0.1, 0.15) is 31.4 Å². The minimum absolute atomic E-state index is 0.0744. The van der Waals surface area contributed by atoms with Gasteiger partial charge in [0, 0.05) is 25.4 Å². The number of amides is 1. The highest BCUT2D eigenvalue weighted by Crippen LogP contribution is 2.32. The first-order valence-corrected chi connectivity index (χ1v) is 11.1. The Morgan fingerprint density at radius 1 is 1.38 bits per heavy atom. The molecule has 1 aliphatic heterocycles. The van der Waals surface area contributed by atoms with Gasteiger partial charge in [0.05, 0.1) is 27.7 Å². The predicted molar refractivity (Wildman–Crippen MR) is 121 cm³/mol. The molecule has 0 radical (unpaired) electrons. The third-order valence-electron chi connectivity index (χ3n) is 5.13. The summed E-state index contributed by atoms with van der Waals surface area (Å²) in [6.45, 7) is 0. The summed E-state index contributed by atoms with van der Waals surface area (Å²) in [5.41, 5.74) is 2.29. The highest BCUT2D eigenvalue weighted by Gasteiger charge is 2.28. The molecule has 0 saturated carbocycles. The van der Waals surface area contributed by atoms with Gasteiger partial charge in [-0.25, -0.2) is 15.0 Å². The largest absolute Gasteiger partial charge is 0.329 e. The van der Waals surface area contributed by atoms with Gasteiger partial charge in [-0.3, -0.25) is 9.36 Å². The predicted octanol–water partition coefficient (Wildman–Crippen LogP) is 4.96. The van der Waals surface area contributed by atoms with Crippen molar-refractivity contribution in [2.45, 2.75) is 37.5 Å². The maximum atomic E-state index is 12.7. The van der Waals surface area contributed by atoms with Gasteiger partial charge in [0.15, 0.2) is 5.82 Å². The number of aliphatic imine (C=N–C) groups is 2. The number of rotatable bonds is 3. The summed E-state index contributed by atoms with van der Waals surface area (Å²) in [5.74, 6) is 0.758. The minimum atomic E-state index is -0.368. The maximum absolute atomic E-state index is 12.7. The number of fused-ring (bicyclic) bond motifs is 1. The highest BCUT2D eigenvalue weighted by atomic mass is 79.9. The molecule has 4 rings (SSSR count). The molecule has 0 spiro atoms. The molecule has 1 aromatic heterocycles. The Bertz CT molecular complexity index is 1000. The number of hydrogen-bond donors (Lipinski definition) is 1. The lowest BCUT2D eigenvalue weighted by molar-refractivity contribution is -0.122. The molecule has 29 heavy (non-hydrogen) atoms. The number of alkyl halides is 1. The van der Waals surface area contributed by atoms with E-state index in [-0.39, 0.29) is 17.2 Å². The molecule has 2 aliphatic carbocycles. The van der Waals surface area contributed by atoms with Crippen LogP contribution in [-0.2, 0) is 18.3 Å². The number of carbonyl (C=O) groups excluding carboxylic acids is 1. The van der Waals surface area contributed by atoms with Gasteiger partial charge in [-0.05, 0) is 36.2 Å². The standard InChI is InChI=1S/C20H20BrCl2N5O/c1-28-18-16(26-20(28)27-17-14(22)3-2-4-15(17)23)9-11(10-24-18)19(29)25-13-7-5-12(21)6-8-13/h3,5,7,10-11,15H,2,4,6,8-9H2,1H3,(H,25,29). The number of hydrogen-bond acceptors (Lipinski definition) is 4. The van der Waals surface area contributed by atoms with Crippen molar-refractivity contribution in [3.63, 3.8) is 0 Å². The van der Waals surface area contributed by atoms with Crippen LogP contribution in [0, 0.1) is 5.92 Å². The van der Waals surface area contributed by atoms with Gasteiger partial charge >= 0.3 is 0 Å². The van der Waals surface area contributed by atoms with Crippen molar-refractivity contribution < 1.29 is 4.79 Å². The SMILES string of the molecule is Cn1c(N=C2C(Cl)=CCCC2Cl)nc2c1N=CC(C(=O)NC1=CC=C(Br)CC1)C2. The number of halogens is 3. The van der Waals surface area contributed by atoms with Gasteiger partial charge in [0.25, 0.3) is 0 Å². The van der Waals surface area contributed by atoms with Crippen molar-refractivity contribution in [1.29, 1.82) is 0 Å². The number of allylic oxidation sites excluding steroid dienone is 6. The molecule has 152 valence electrons. The summed E-state index contributed by atoms with van der Waals surface area (Å²) in [6, 6.07) is 0. The molecule has 2 unspecified atom stereocenters. The number of carbonyl (C=O) groups is 1. The van der Waals surface area contributed by atoms with Gasteiger partial charge in [0.1, 0.15) is 0 Å². The Morgan fingerprint density at radius 3 is 2.93 bits per heavy atom. The van der Waals surface area contributed by atoms with Gasteiger partial charge in [0.2, 0.25) is 11.9 Å². The van der Waals surface area contributed by atoms with E-state index >= 15 is 0 Å². The summed E-state index contributed by atoms with van der Waals surface area (Å²) in [7, 11) is 1.85. The van der Waals surface area contributed by atoms with Gasteiger partial charge < -0.3 is 5.32 Å². The van der Waals surface area contributed by atoms with Gasteiger partial charge in [-0.15, -0.1) is 11.6 Å². The fourth-order valence-corrected chi connectivity index (χ4v) is 4.42. The van der Waals surface area contributed by atoms with Crippen LogP contribution in [0.3, 0.4) is 0 Å². The second-order valence-electron chi connectivity index (χ2n) is 7.22. The smallest absolute Gasteiger partial charge is 0.233 e. The Balaban J connectivity index is 1.52. The lowest BCUT2D eigenvalue weighted by atomic mass is 10.0. The van der Waals surface area contributed by atoms with E-state index in [0.29, 0.717) is 28.9 Å². The Hall–Kier alpha value is -1.70. The zero-order valence-corrected chi connectivity index (χ0v) is 18.9. The molecule has 0 saturated heterocycles. The molecular weight excluding hydrogens is 477 g/mol. The van der Waals surface area contributed by atoms with E-state index in [1.54, 1.807) is 10.8 Å². The molecule has 6 nitrogen and oxygen atoms in total. The van der Waals surface area contributed by atoms with Crippen LogP contribution in [0.25, 0.3) is 0 Å². The van der Waals surface area contributed by atoms with Crippen LogP contribution in [0.5, 0.6) is 0 Å². The highest BCUT2D eigenvalue weighted by molar-refractivity contribution is 9.11. The average Bonchev–Trinajstić information content (AvgIpc) is 3.01. The summed E-state index contributed by atoms with van der Waals surface area (Å²) in [6.07, 6.45) is 11.3. The van der Waals surface area contributed by atoms with E-state index in [0.717, 1.165) is 41.6 Å². The van der Waals surface area contributed by atoms with Crippen molar-refractivity contribution >= 4 is 68.7 Å². The summed E-state index contributed by atoms with van der Waals surface area (Å²) in [4.78, 5) is 26.4. The topological polar surface area (TPSA) is 71.6 Å². The number of nitrogens with one attached hydrogen (secondary N) is 1. The lowest BCUT2D eigenvalue weighted by Crippen LogP contribution is -2.33. The van der Waals surface area contributed by atoms with Crippen molar-refractivity contribution in [3.8, 4) is 0 Å². The van der Waals surface area contributed by atoms with E-state index in [1.165, 1.54) is 0 Å². The first-order valence-electron chi connectivity index (χ1n) is 9.47. The van der Waals surface area contributed by atoms with Crippen molar-refractivity contribution in [3.05, 3.63) is 39.1 Å². The number of nitrogens with zero attached hydrogens (tertiary/aromatic N) is 4. The normalized spacial score (nSPS) is 25.2. The van der Waals surface area contributed by atoms with Crippen molar-refractivity contribution in [1.82, 2.24) is 14.9 Å². The summed E-state index contributed by atoms with van der Waals surface area (Å²) in [5, 5.41) is 3.33. The maximum Gasteiger partial charge on any atom is 0.233 e. The fourth-order valence-electron chi connectivity index (χ4n) is 3.46. The van der Waals surface area contributed by atoms with Gasteiger partial charge in [-0.2, -0.15) is 0 Å². The average molecular weight is 497 g/mol. The zero-order chi connectivity index (χ0) is 20.5. The van der Waals surface area contributed by atoms with Crippen LogP contribution >= 0.6 is 39.1 Å². The molecule has 0 aromatic carbocycles. The van der Waals surface area contributed by atoms with Crippen LogP contribution in [-0.4, -0.2) is 32.8 Å². The van der Waals surface area contributed by atoms with Crippen LogP contribution in [0.15, 0.2) is 43.4 Å². The Morgan fingerprint density at radius 2 is 2.21 bits per heavy atom. The van der Waals surface area contributed by atoms with Crippen molar-refractivity contribution in [2.75, 3.05) is 0 Å². The minimum Gasteiger partial charge on any atom is -0.329 e. The molecule has 1 aromatic rings. The Labute approximate surface area is 187 Å². The molecule has 2 heterocycles. The molecular formula is C20H20BrCl2N5O. The molecule has 0 bridgehead atoms. The monoisotopic (exact) mass is 495 g/mol. The summed E-state index contributed by atoms with van der Waals surface area (Å²) < 4.78 is 2.94. The second-order valence-corrected chi connectivity index (χ2v) is 9.17. The van der Waals surface area contributed by atoms with Crippen LogP contribution in [0.4, 0.5) is 11.8 Å². The third-order valence-corrected chi connectivity index (χ3v) is 6.56. The first kappa shape index (κ1) is 20.6. The van der Waals surface area contributed by atoms with E-state index in [2.05, 4.69) is 36.2 Å². The van der Waals surface area contributed by atoms with Gasteiger partial charge in [-0.1, -0.05) is 39.7 Å². The number of aromatic nitrogens is 2. The fraction of sp³-hybridized carbons (Fsp3) is 0.400. The molecule has 0 fully saturated rings. The second kappa shape index (κ2) is 8.58. The number of imidazole rings is 1. The molecule has 2 atom stereocenters. The van der Waals surface area contributed by atoms with E-state index < -0.39 is 0 Å².